The van der Waals surface area contributed by atoms with Crippen molar-refractivity contribution >= 4 is 11.5 Å². The second-order valence-corrected chi connectivity index (χ2v) is 5.11. The van der Waals surface area contributed by atoms with E-state index in [9.17, 15) is 0 Å². The van der Waals surface area contributed by atoms with Crippen molar-refractivity contribution in [3.63, 3.8) is 0 Å². The summed E-state index contributed by atoms with van der Waals surface area (Å²) in [5.41, 5.74) is 4.62. The standard InChI is InChI=1S/C19H18N2/c1-15-7-6-10-19(20-15)21(2)18-13-11-17(12-14-18)16-8-4-3-5-9-16/h3-14H,1-2H3. The van der Waals surface area contributed by atoms with Crippen molar-refractivity contribution < 1.29 is 0 Å². The first-order valence-electron chi connectivity index (χ1n) is 7.07. The molecule has 0 aliphatic carbocycles. The largest absolute Gasteiger partial charge is 0.329 e. The zero-order chi connectivity index (χ0) is 14.7. The molecule has 0 amide bonds. The number of hydrogen-bond acceptors (Lipinski definition) is 2. The van der Waals surface area contributed by atoms with Gasteiger partial charge in [0.1, 0.15) is 5.82 Å². The number of pyridine rings is 1. The summed E-state index contributed by atoms with van der Waals surface area (Å²) < 4.78 is 0. The summed E-state index contributed by atoms with van der Waals surface area (Å²) in [6.07, 6.45) is 0. The third-order valence-corrected chi connectivity index (χ3v) is 3.58. The van der Waals surface area contributed by atoms with Crippen molar-refractivity contribution in [2.24, 2.45) is 0 Å². The molecule has 2 nitrogen and oxygen atoms in total. The Morgan fingerprint density at radius 2 is 1.38 bits per heavy atom. The Morgan fingerprint density at radius 1 is 0.714 bits per heavy atom. The Labute approximate surface area is 125 Å². The van der Waals surface area contributed by atoms with Gasteiger partial charge in [0.2, 0.25) is 0 Å². The Bertz CT molecular complexity index is 718. The summed E-state index contributed by atoms with van der Waals surface area (Å²) in [5.74, 6) is 0.961. The van der Waals surface area contributed by atoms with Crippen LogP contribution in [0.25, 0.3) is 11.1 Å². The molecule has 0 saturated heterocycles. The van der Waals surface area contributed by atoms with Gasteiger partial charge in [-0.25, -0.2) is 4.98 Å². The van der Waals surface area contributed by atoms with Crippen molar-refractivity contribution in [1.82, 2.24) is 4.98 Å². The lowest BCUT2D eigenvalue weighted by atomic mass is 10.1. The van der Waals surface area contributed by atoms with E-state index in [1.165, 1.54) is 11.1 Å². The Hall–Kier alpha value is -2.61. The molecule has 0 saturated carbocycles. The molecular weight excluding hydrogens is 256 g/mol. The van der Waals surface area contributed by atoms with Crippen LogP contribution in [0.5, 0.6) is 0 Å². The fraction of sp³-hybridized carbons (Fsp3) is 0.105. The molecule has 0 aliphatic rings. The monoisotopic (exact) mass is 274 g/mol. The minimum Gasteiger partial charge on any atom is -0.329 e. The quantitative estimate of drug-likeness (QED) is 0.680. The van der Waals surface area contributed by atoms with Gasteiger partial charge in [-0.15, -0.1) is 0 Å². The van der Waals surface area contributed by atoms with E-state index >= 15 is 0 Å². The highest BCUT2D eigenvalue weighted by Crippen LogP contribution is 2.26. The van der Waals surface area contributed by atoms with Gasteiger partial charge in [0.05, 0.1) is 0 Å². The molecule has 0 aliphatic heterocycles. The number of hydrogen-bond donors (Lipinski definition) is 0. The van der Waals surface area contributed by atoms with Crippen LogP contribution in [0.4, 0.5) is 11.5 Å². The summed E-state index contributed by atoms with van der Waals surface area (Å²) in [4.78, 5) is 6.65. The van der Waals surface area contributed by atoms with E-state index in [0.29, 0.717) is 0 Å². The maximum atomic E-state index is 4.56. The number of aryl methyl sites for hydroxylation is 1. The molecule has 0 N–H and O–H groups in total. The molecule has 1 aromatic heterocycles. The SMILES string of the molecule is Cc1cccc(N(C)c2ccc(-c3ccccc3)cc2)n1. The summed E-state index contributed by atoms with van der Waals surface area (Å²) in [5, 5.41) is 0. The molecule has 21 heavy (non-hydrogen) atoms. The van der Waals surface area contributed by atoms with Crippen molar-refractivity contribution in [1.29, 1.82) is 0 Å². The molecule has 0 fully saturated rings. The van der Waals surface area contributed by atoms with Crippen LogP contribution in [-0.4, -0.2) is 12.0 Å². The minimum atomic E-state index is 0.961. The van der Waals surface area contributed by atoms with Crippen molar-refractivity contribution in [2.75, 3.05) is 11.9 Å². The predicted octanol–water partition coefficient (Wildman–Crippen LogP) is 4.82. The molecule has 3 rings (SSSR count). The molecule has 0 unspecified atom stereocenters. The molecule has 0 radical (unpaired) electrons. The summed E-state index contributed by atoms with van der Waals surface area (Å²) in [6.45, 7) is 2.01. The van der Waals surface area contributed by atoms with Gasteiger partial charge < -0.3 is 4.90 Å². The van der Waals surface area contributed by atoms with Crippen LogP contribution in [0.15, 0.2) is 72.8 Å². The molecule has 0 atom stereocenters. The number of benzene rings is 2. The Kier molecular flexibility index (Phi) is 3.69. The predicted molar refractivity (Wildman–Crippen MR) is 88.9 cm³/mol. The van der Waals surface area contributed by atoms with Gasteiger partial charge in [0, 0.05) is 18.4 Å². The van der Waals surface area contributed by atoms with Crippen LogP contribution in [0.1, 0.15) is 5.69 Å². The van der Waals surface area contributed by atoms with Crippen LogP contribution in [0, 0.1) is 6.92 Å². The van der Waals surface area contributed by atoms with Crippen LogP contribution in [0.3, 0.4) is 0 Å². The van der Waals surface area contributed by atoms with E-state index in [2.05, 4.69) is 58.4 Å². The highest BCUT2D eigenvalue weighted by Gasteiger charge is 2.05. The van der Waals surface area contributed by atoms with E-state index in [1.54, 1.807) is 0 Å². The lowest BCUT2D eigenvalue weighted by molar-refractivity contribution is 1.09. The van der Waals surface area contributed by atoms with Crippen molar-refractivity contribution in [2.45, 2.75) is 6.92 Å². The molecule has 2 heteroatoms. The lowest BCUT2D eigenvalue weighted by Crippen LogP contribution is -2.11. The highest BCUT2D eigenvalue weighted by molar-refractivity contribution is 5.68. The van der Waals surface area contributed by atoms with Gasteiger partial charge in [0.25, 0.3) is 0 Å². The average molecular weight is 274 g/mol. The normalized spacial score (nSPS) is 10.4. The maximum absolute atomic E-state index is 4.56. The number of anilines is 2. The minimum absolute atomic E-state index is 0.961. The van der Waals surface area contributed by atoms with E-state index in [0.717, 1.165) is 17.2 Å². The summed E-state index contributed by atoms with van der Waals surface area (Å²) in [7, 11) is 2.04. The molecule has 3 aromatic rings. The second kappa shape index (κ2) is 5.80. The number of rotatable bonds is 3. The highest BCUT2D eigenvalue weighted by atomic mass is 15.2. The molecule has 104 valence electrons. The Morgan fingerprint density at radius 3 is 2.05 bits per heavy atom. The summed E-state index contributed by atoms with van der Waals surface area (Å²) >= 11 is 0. The first kappa shape index (κ1) is 13.4. The van der Waals surface area contributed by atoms with Crippen LogP contribution in [-0.2, 0) is 0 Å². The average Bonchev–Trinajstić information content (AvgIpc) is 2.55. The smallest absolute Gasteiger partial charge is 0.132 e. The Balaban J connectivity index is 1.87. The van der Waals surface area contributed by atoms with E-state index in [-0.39, 0.29) is 0 Å². The molecule has 1 heterocycles. The fourth-order valence-electron chi connectivity index (χ4n) is 2.36. The maximum Gasteiger partial charge on any atom is 0.132 e. The fourth-order valence-corrected chi connectivity index (χ4v) is 2.36. The zero-order valence-corrected chi connectivity index (χ0v) is 12.3. The van der Waals surface area contributed by atoms with Gasteiger partial charge in [0.15, 0.2) is 0 Å². The van der Waals surface area contributed by atoms with Gasteiger partial charge in [-0.05, 0) is 42.3 Å². The first-order chi connectivity index (χ1) is 10.2. The van der Waals surface area contributed by atoms with Crippen LogP contribution >= 0.6 is 0 Å². The molecule has 0 bridgehead atoms. The first-order valence-corrected chi connectivity index (χ1v) is 7.07. The number of aromatic nitrogens is 1. The van der Waals surface area contributed by atoms with Crippen molar-refractivity contribution in [3.05, 3.63) is 78.5 Å². The van der Waals surface area contributed by atoms with Gasteiger partial charge in [-0.3, -0.25) is 0 Å². The molecule has 2 aromatic carbocycles. The van der Waals surface area contributed by atoms with Crippen molar-refractivity contribution in [3.8, 4) is 11.1 Å². The molecule has 0 spiro atoms. The topological polar surface area (TPSA) is 16.1 Å². The van der Waals surface area contributed by atoms with Crippen LogP contribution < -0.4 is 4.90 Å². The van der Waals surface area contributed by atoms with Gasteiger partial charge in [-0.1, -0.05) is 48.5 Å². The third kappa shape index (κ3) is 2.95. The van der Waals surface area contributed by atoms with Crippen LogP contribution in [0.2, 0.25) is 0 Å². The van der Waals surface area contributed by atoms with Gasteiger partial charge in [-0.2, -0.15) is 0 Å². The zero-order valence-electron chi connectivity index (χ0n) is 12.3. The second-order valence-electron chi connectivity index (χ2n) is 5.11. The van der Waals surface area contributed by atoms with E-state index in [1.807, 2.05) is 38.2 Å². The molecular formula is C19H18N2. The summed E-state index contributed by atoms with van der Waals surface area (Å²) in [6, 6.07) is 25.0. The van der Waals surface area contributed by atoms with Gasteiger partial charge >= 0.3 is 0 Å². The lowest BCUT2D eigenvalue weighted by Gasteiger charge is -2.19. The third-order valence-electron chi connectivity index (χ3n) is 3.58. The van der Waals surface area contributed by atoms with E-state index in [4.69, 9.17) is 0 Å². The van der Waals surface area contributed by atoms with E-state index < -0.39 is 0 Å². The number of nitrogens with zero attached hydrogens (tertiary/aromatic N) is 2.